The summed E-state index contributed by atoms with van der Waals surface area (Å²) in [7, 11) is 0. The molecule has 0 fully saturated rings. The van der Waals surface area contributed by atoms with Crippen molar-refractivity contribution in [2.75, 3.05) is 25.0 Å². The molecule has 7 heteroatoms. The maximum absolute atomic E-state index is 12.2. The van der Waals surface area contributed by atoms with Crippen LogP contribution in [0.15, 0.2) is 47.9 Å². The third kappa shape index (κ3) is 6.38. The molecule has 0 spiro atoms. The Kier molecular flexibility index (Phi) is 7.76. The molecule has 142 valence electrons. The van der Waals surface area contributed by atoms with Crippen LogP contribution < -0.4 is 5.32 Å². The van der Waals surface area contributed by atoms with Gasteiger partial charge in [-0.25, -0.2) is 4.79 Å². The van der Waals surface area contributed by atoms with Crippen molar-refractivity contribution in [3.63, 3.8) is 0 Å². The number of hydrogen-bond donors (Lipinski definition) is 1. The summed E-state index contributed by atoms with van der Waals surface area (Å²) < 4.78 is 4.90. The van der Waals surface area contributed by atoms with Crippen molar-refractivity contribution in [2.24, 2.45) is 0 Å². The average molecular weight is 386 g/mol. The lowest BCUT2D eigenvalue weighted by Gasteiger charge is -2.18. The molecule has 0 saturated heterocycles. The SMILES string of the molecule is CCN(CC)C(=O)c1ccc(NC(=O)COC(=O)/C=C/c2cccs2)cc1. The van der Waals surface area contributed by atoms with Crippen LogP contribution in [0.1, 0.15) is 29.1 Å². The number of hydrogen-bond acceptors (Lipinski definition) is 5. The molecule has 2 amide bonds. The lowest BCUT2D eigenvalue weighted by Crippen LogP contribution is -2.30. The molecule has 0 saturated carbocycles. The second-order valence-corrected chi connectivity index (χ2v) is 6.54. The van der Waals surface area contributed by atoms with E-state index in [-0.39, 0.29) is 12.5 Å². The number of rotatable bonds is 8. The zero-order valence-electron chi connectivity index (χ0n) is 15.3. The van der Waals surface area contributed by atoms with Crippen molar-refractivity contribution in [1.82, 2.24) is 4.90 Å². The van der Waals surface area contributed by atoms with Crippen LogP contribution in [0.5, 0.6) is 0 Å². The molecule has 0 aliphatic rings. The molecule has 0 unspecified atom stereocenters. The van der Waals surface area contributed by atoms with Gasteiger partial charge in [0.2, 0.25) is 0 Å². The monoisotopic (exact) mass is 386 g/mol. The molecule has 0 radical (unpaired) electrons. The fraction of sp³-hybridized carbons (Fsp3) is 0.250. The molecule has 1 N–H and O–H groups in total. The molecular formula is C20H22N2O4S. The van der Waals surface area contributed by atoms with E-state index in [0.717, 1.165) is 4.88 Å². The van der Waals surface area contributed by atoms with E-state index in [1.165, 1.54) is 17.4 Å². The van der Waals surface area contributed by atoms with Crippen LogP contribution in [0.4, 0.5) is 5.69 Å². The summed E-state index contributed by atoms with van der Waals surface area (Å²) in [5, 5.41) is 4.53. The molecule has 0 aliphatic carbocycles. The number of carbonyl (C=O) groups excluding carboxylic acids is 3. The van der Waals surface area contributed by atoms with Crippen LogP contribution in [0.25, 0.3) is 6.08 Å². The van der Waals surface area contributed by atoms with Gasteiger partial charge in [0.05, 0.1) is 0 Å². The molecule has 1 heterocycles. The number of carbonyl (C=O) groups is 3. The summed E-state index contributed by atoms with van der Waals surface area (Å²) in [6.45, 7) is 4.74. The van der Waals surface area contributed by atoms with Gasteiger partial charge in [0, 0.05) is 35.3 Å². The fourth-order valence-electron chi connectivity index (χ4n) is 2.31. The topological polar surface area (TPSA) is 75.7 Å². The first kappa shape index (κ1) is 20.4. The summed E-state index contributed by atoms with van der Waals surface area (Å²) in [4.78, 5) is 38.4. The van der Waals surface area contributed by atoms with E-state index in [1.54, 1.807) is 35.2 Å². The third-order valence-corrected chi connectivity index (χ3v) is 4.58. The van der Waals surface area contributed by atoms with Gasteiger partial charge in [0.1, 0.15) is 0 Å². The molecule has 0 aliphatic heterocycles. The number of amides is 2. The van der Waals surface area contributed by atoms with E-state index < -0.39 is 11.9 Å². The Morgan fingerprint density at radius 3 is 2.41 bits per heavy atom. The highest BCUT2D eigenvalue weighted by atomic mass is 32.1. The predicted molar refractivity (Wildman–Crippen MR) is 107 cm³/mol. The number of benzene rings is 1. The van der Waals surface area contributed by atoms with Crippen LogP contribution in [-0.4, -0.2) is 42.4 Å². The Morgan fingerprint density at radius 1 is 1.11 bits per heavy atom. The van der Waals surface area contributed by atoms with Crippen LogP contribution in [0.3, 0.4) is 0 Å². The van der Waals surface area contributed by atoms with Gasteiger partial charge < -0.3 is 15.0 Å². The minimum atomic E-state index is -0.585. The van der Waals surface area contributed by atoms with Crippen LogP contribution in [0, 0.1) is 0 Å². The summed E-state index contributed by atoms with van der Waals surface area (Å²) in [5.74, 6) is -1.08. The van der Waals surface area contributed by atoms with Crippen molar-refractivity contribution in [3.05, 3.63) is 58.3 Å². The van der Waals surface area contributed by atoms with Crippen LogP contribution >= 0.6 is 11.3 Å². The summed E-state index contributed by atoms with van der Waals surface area (Å²) in [6.07, 6.45) is 2.92. The number of nitrogens with one attached hydrogen (secondary N) is 1. The highest BCUT2D eigenvalue weighted by molar-refractivity contribution is 7.10. The summed E-state index contributed by atoms with van der Waals surface area (Å²) in [6, 6.07) is 10.4. The molecule has 0 atom stereocenters. The molecule has 6 nitrogen and oxygen atoms in total. The highest BCUT2D eigenvalue weighted by Crippen LogP contribution is 2.12. The summed E-state index contributed by atoms with van der Waals surface area (Å²) >= 11 is 1.50. The molecular weight excluding hydrogens is 364 g/mol. The first-order chi connectivity index (χ1) is 13.0. The molecule has 27 heavy (non-hydrogen) atoms. The van der Waals surface area contributed by atoms with Crippen molar-refractivity contribution in [2.45, 2.75) is 13.8 Å². The largest absolute Gasteiger partial charge is 0.452 e. The predicted octanol–water partition coefficient (Wildman–Crippen LogP) is 3.43. The smallest absolute Gasteiger partial charge is 0.331 e. The number of anilines is 1. The van der Waals surface area contributed by atoms with Gasteiger partial charge in [-0.15, -0.1) is 11.3 Å². The Balaban J connectivity index is 1.81. The minimum Gasteiger partial charge on any atom is -0.452 e. The minimum absolute atomic E-state index is 0.0515. The van der Waals surface area contributed by atoms with Gasteiger partial charge in [-0.05, 0) is 55.6 Å². The van der Waals surface area contributed by atoms with Crippen LogP contribution in [-0.2, 0) is 14.3 Å². The van der Waals surface area contributed by atoms with Crippen LogP contribution in [0.2, 0.25) is 0 Å². The lowest BCUT2D eigenvalue weighted by atomic mass is 10.2. The number of esters is 1. The van der Waals surface area contributed by atoms with E-state index >= 15 is 0 Å². The molecule has 1 aromatic carbocycles. The van der Waals surface area contributed by atoms with E-state index in [9.17, 15) is 14.4 Å². The van der Waals surface area contributed by atoms with Crippen molar-refractivity contribution in [3.8, 4) is 0 Å². The normalized spacial score (nSPS) is 10.6. The second-order valence-electron chi connectivity index (χ2n) is 5.56. The van der Waals surface area contributed by atoms with Gasteiger partial charge in [-0.1, -0.05) is 6.07 Å². The maximum Gasteiger partial charge on any atom is 0.331 e. The van der Waals surface area contributed by atoms with E-state index in [4.69, 9.17) is 4.74 Å². The number of ether oxygens (including phenoxy) is 1. The van der Waals surface area contributed by atoms with Crippen molar-refractivity contribution < 1.29 is 19.1 Å². The molecule has 1 aromatic heterocycles. The van der Waals surface area contributed by atoms with E-state index in [0.29, 0.717) is 24.3 Å². The third-order valence-electron chi connectivity index (χ3n) is 3.74. The van der Waals surface area contributed by atoms with Gasteiger partial charge in [0.15, 0.2) is 6.61 Å². The Morgan fingerprint density at radius 2 is 1.81 bits per heavy atom. The van der Waals surface area contributed by atoms with Gasteiger partial charge >= 0.3 is 5.97 Å². The van der Waals surface area contributed by atoms with Crippen molar-refractivity contribution >= 4 is 40.9 Å². The van der Waals surface area contributed by atoms with Crippen molar-refractivity contribution in [1.29, 1.82) is 0 Å². The van der Waals surface area contributed by atoms with Gasteiger partial charge in [-0.2, -0.15) is 0 Å². The Bertz CT molecular complexity index is 794. The number of thiophene rings is 1. The van der Waals surface area contributed by atoms with E-state index in [1.807, 2.05) is 31.4 Å². The second kappa shape index (κ2) is 10.3. The molecule has 2 rings (SSSR count). The standard InChI is InChI=1S/C20H22N2O4S/c1-3-22(4-2)20(25)15-7-9-16(10-8-15)21-18(23)14-26-19(24)12-11-17-6-5-13-27-17/h5-13H,3-4,14H2,1-2H3,(H,21,23)/b12-11+. The zero-order chi connectivity index (χ0) is 19.6. The average Bonchev–Trinajstić information content (AvgIpc) is 3.20. The maximum atomic E-state index is 12.2. The molecule has 2 aromatic rings. The molecule has 0 bridgehead atoms. The first-order valence-electron chi connectivity index (χ1n) is 8.61. The highest BCUT2D eigenvalue weighted by Gasteiger charge is 2.12. The summed E-state index contributed by atoms with van der Waals surface area (Å²) in [5.41, 5.74) is 1.09. The fourth-order valence-corrected chi connectivity index (χ4v) is 2.93. The van der Waals surface area contributed by atoms with E-state index in [2.05, 4.69) is 5.32 Å². The zero-order valence-corrected chi connectivity index (χ0v) is 16.1. The Labute approximate surface area is 162 Å². The first-order valence-corrected chi connectivity index (χ1v) is 9.49. The quantitative estimate of drug-likeness (QED) is 0.557. The Hall–Kier alpha value is -2.93. The number of nitrogens with zero attached hydrogens (tertiary/aromatic N) is 1. The van der Waals surface area contributed by atoms with Gasteiger partial charge in [-0.3, -0.25) is 9.59 Å². The van der Waals surface area contributed by atoms with Gasteiger partial charge in [0.25, 0.3) is 11.8 Å². The lowest BCUT2D eigenvalue weighted by molar-refractivity contribution is -0.142.